The van der Waals surface area contributed by atoms with Crippen LogP contribution < -0.4 is 4.90 Å². The van der Waals surface area contributed by atoms with Crippen LogP contribution in [0.5, 0.6) is 0 Å². The monoisotopic (exact) mass is 460 g/mol. The molecule has 4 aromatic rings. The molecule has 0 saturated carbocycles. The molecular formula is C25H28N6OS. The second-order valence-corrected chi connectivity index (χ2v) is 9.88. The van der Waals surface area contributed by atoms with E-state index in [1.807, 2.05) is 24.3 Å². The Morgan fingerprint density at radius 3 is 2.18 bits per heavy atom. The number of aryl methyl sites for hydroxylation is 2. The van der Waals surface area contributed by atoms with E-state index in [4.69, 9.17) is 4.42 Å². The largest absolute Gasteiger partial charge is 0.419 e. The molecule has 1 fully saturated rings. The topological polar surface area (TPSA) is 72.9 Å². The minimum Gasteiger partial charge on any atom is -0.419 e. The molecule has 1 aliphatic heterocycles. The minimum atomic E-state index is -0.0701. The Balaban J connectivity index is 1.43. The molecule has 2 aromatic heterocycles. The van der Waals surface area contributed by atoms with Crippen LogP contribution in [0, 0.1) is 13.8 Å². The minimum absolute atomic E-state index is 0.0701. The normalized spacial score (nSPS) is 15.1. The molecule has 0 bridgehead atoms. The number of hydrogen-bond donors (Lipinski definition) is 0. The summed E-state index contributed by atoms with van der Waals surface area (Å²) in [7, 11) is 0. The van der Waals surface area contributed by atoms with Crippen molar-refractivity contribution in [2.24, 2.45) is 0 Å². The van der Waals surface area contributed by atoms with Gasteiger partial charge in [-0.1, -0.05) is 47.2 Å². The van der Waals surface area contributed by atoms with Gasteiger partial charge in [-0.05, 0) is 64.3 Å². The summed E-state index contributed by atoms with van der Waals surface area (Å²) in [5, 5.41) is 18.5. The van der Waals surface area contributed by atoms with Crippen molar-refractivity contribution >= 4 is 17.7 Å². The fraction of sp³-hybridized carbons (Fsp3) is 0.360. The number of nitrogens with zero attached hydrogens (tertiary/aromatic N) is 6. The predicted molar refractivity (Wildman–Crippen MR) is 131 cm³/mol. The van der Waals surface area contributed by atoms with Gasteiger partial charge in [0, 0.05) is 18.7 Å². The Kier molecular flexibility index (Phi) is 6.17. The van der Waals surface area contributed by atoms with E-state index in [1.54, 1.807) is 11.8 Å². The number of hydrogen-bond acceptors (Lipinski definition) is 7. The smallest absolute Gasteiger partial charge is 0.247 e. The summed E-state index contributed by atoms with van der Waals surface area (Å²) in [6.07, 6.45) is 3.64. The zero-order valence-corrected chi connectivity index (χ0v) is 20.0. The highest BCUT2D eigenvalue weighted by Crippen LogP contribution is 2.37. The molecule has 8 heteroatoms. The number of rotatable bonds is 6. The second kappa shape index (κ2) is 9.39. The van der Waals surface area contributed by atoms with Gasteiger partial charge in [-0.2, -0.15) is 0 Å². The highest BCUT2D eigenvalue weighted by molar-refractivity contribution is 7.99. The van der Waals surface area contributed by atoms with Crippen molar-refractivity contribution in [1.29, 1.82) is 0 Å². The Hall–Kier alpha value is -3.13. The summed E-state index contributed by atoms with van der Waals surface area (Å²) in [5.74, 6) is 2.01. The zero-order valence-electron chi connectivity index (χ0n) is 19.2. The van der Waals surface area contributed by atoms with Crippen LogP contribution in [0.15, 0.2) is 58.1 Å². The summed E-state index contributed by atoms with van der Waals surface area (Å²) in [6, 6.07) is 16.6. The van der Waals surface area contributed by atoms with Crippen molar-refractivity contribution in [3.05, 3.63) is 65.5 Å². The van der Waals surface area contributed by atoms with E-state index < -0.39 is 0 Å². The molecular weight excluding hydrogens is 432 g/mol. The third kappa shape index (κ3) is 4.66. The van der Waals surface area contributed by atoms with Crippen LogP contribution in [-0.4, -0.2) is 38.1 Å². The fourth-order valence-corrected chi connectivity index (χ4v) is 4.87. The first-order valence-corrected chi connectivity index (χ1v) is 12.3. The maximum atomic E-state index is 6.02. The summed E-state index contributed by atoms with van der Waals surface area (Å²) in [4.78, 5) is 2.34. The van der Waals surface area contributed by atoms with Gasteiger partial charge in [0.15, 0.2) is 5.16 Å². The number of anilines is 1. The molecule has 7 nitrogen and oxygen atoms in total. The van der Waals surface area contributed by atoms with E-state index in [1.165, 1.54) is 30.4 Å². The van der Waals surface area contributed by atoms with Gasteiger partial charge < -0.3 is 9.32 Å². The van der Waals surface area contributed by atoms with Crippen LogP contribution in [0.1, 0.15) is 48.5 Å². The Bertz CT molecular complexity index is 1210. The van der Waals surface area contributed by atoms with E-state index in [-0.39, 0.29) is 5.25 Å². The lowest BCUT2D eigenvalue weighted by atomic mass is 10.1. The van der Waals surface area contributed by atoms with Crippen molar-refractivity contribution in [3.8, 4) is 17.1 Å². The van der Waals surface area contributed by atoms with Gasteiger partial charge in [0.2, 0.25) is 17.7 Å². The lowest BCUT2D eigenvalue weighted by Crippen LogP contribution is -2.31. The van der Waals surface area contributed by atoms with Crippen LogP contribution in [-0.2, 0) is 0 Å². The summed E-state index contributed by atoms with van der Waals surface area (Å²) < 4.78 is 8.17. The molecule has 1 atom stereocenters. The third-order valence-corrected chi connectivity index (χ3v) is 6.95. The number of benzene rings is 2. The average molecular weight is 461 g/mol. The number of thioether (sulfide) groups is 1. The first kappa shape index (κ1) is 21.7. The predicted octanol–water partition coefficient (Wildman–Crippen LogP) is 5.78. The summed E-state index contributed by atoms with van der Waals surface area (Å²) in [5.41, 5.74) is 4.41. The maximum absolute atomic E-state index is 6.02. The molecule has 0 N–H and O–H groups in total. The van der Waals surface area contributed by atoms with E-state index >= 15 is 0 Å². The summed E-state index contributed by atoms with van der Waals surface area (Å²) in [6.45, 7) is 8.23. The average Bonchev–Trinajstić information content (AvgIpc) is 3.49. The molecule has 0 radical (unpaired) electrons. The molecule has 2 aromatic carbocycles. The van der Waals surface area contributed by atoms with Crippen molar-refractivity contribution in [2.75, 3.05) is 18.0 Å². The molecule has 0 amide bonds. The molecule has 33 heavy (non-hydrogen) atoms. The highest BCUT2D eigenvalue weighted by atomic mass is 32.2. The first-order valence-electron chi connectivity index (χ1n) is 11.4. The first-order chi connectivity index (χ1) is 16.1. The molecule has 170 valence electrons. The molecule has 0 aliphatic carbocycles. The van der Waals surface area contributed by atoms with Crippen LogP contribution in [0.4, 0.5) is 5.95 Å². The van der Waals surface area contributed by atoms with Crippen LogP contribution >= 0.6 is 11.8 Å². The van der Waals surface area contributed by atoms with Gasteiger partial charge in [-0.3, -0.25) is 4.57 Å². The van der Waals surface area contributed by atoms with E-state index in [0.717, 1.165) is 35.4 Å². The van der Waals surface area contributed by atoms with Crippen molar-refractivity contribution in [1.82, 2.24) is 25.0 Å². The van der Waals surface area contributed by atoms with E-state index in [0.29, 0.717) is 11.8 Å². The van der Waals surface area contributed by atoms with Crippen molar-refractivity contribution in [3.63, 3.8) is 0 Å². The van der Waals surface area contributed by atoms with Gasteiger partial charge in [0.1, 0.15) is 0 Å². The molecule has 3 heterocycles. The van der Waals surface area contributed by atoms with Crippen LogP contribution in [0.2, 0.25) is 0 Å². The molecule has 0 spiro atoms. The Labute approximate surface area is 198 Å². The van der Waals surface area contributed by atoms with Gasteiger partial charge in [-0.15, -0.1) is 20.4 Å². The number of piperidine rings is 1. The molecule has 5 rings (SSSR count). The van der Waals surface area contributed by atoms with Gasteiger partial charge >= 0.3 is 0 Å². The SMILES string of the molecule is Cc1ccc(-c2nnc(C(C)Sc3nnc(N4CCCCC4)n3-c3ccc(C)cc3)o2)cc1. The van der Waals surface area contributed by atoms with Crippen LogP contribution in [0.3, 0.4) is 0 Å². The standard InChI is InChI=1S/C25H28N6OS/c1-17-7-11-20(12-8-17)23-27-26-22(32-23)19(3)33-25-29-28-24(30-15-5-4-6-16-30)31(25)21-13-9-18(2)10-14-21/h7-14,19H,4-6,15-16H2,1-3H3. The quantitative estimate of drug-likeness (QED) is 0.338. The van der Waals surface area contributed by atoms with Gasteiger partial charge in [0.25, 0.3) is 0 Å². The number of aromatic nitrogens is 5. The lowest BCUT2D eigenvalue weighted by Gasteiger charge is -2.28. The fourth-order valence-electron chi connectivity index (χ4n) is 3.98. The highest BCUT2D eigenvalue weighted by Gasteiger charge is 2.25. The third-order valence-electron chi connectivity index (χ3n) is 5.92. The molecule has 1 unspecified atom stereocenters. The van der Waals surface area contributed by atoms with E-state index in [2.05, 4.69) is 74.9 Å². The van der Waals surface area contributed by atoms with Crippen LogP contribution in [0.25, 0.3) is 17.1 Å². The lowest BCUT2D eigenvalue weighted by molar-refractivity contribution is 0.509. The Morgan fingerprint density at radius 1 is 0.818 bits per heavy atom. The second-order valence-electron chi connectivity index (χ2n) is 8.57. The van der Waals surface area contributed by atoms with Gasteiger partial charge in [-0.25, -0.2) is 0 Å². The maximum Gasteiger partial charge on any atom is 0.247 e. The van der Waals surface area contributed by atoms with Gasteiger partial charge in [0.05, 0.1) is 10.9 Å². The van der Waals surface area contributed by atoms with Crippen molar-refractivity contribution in [2.45, 2.75) is 50.4 Å². The van der Waals surface area contributed by atoms with Crippen molar-refractivity contribution < 1.29 is 4.42 Å². The van der Waals surface area contributed by atoms with E-state index in [9.17, 15) is 0 Å². The molecule has 1 saturated heterocycles. The summed E-state index contributed by atoms with van der Waals surface area (Å²) >= 11 is 1.58. The zero-order chi connectivity index (χ0) is 22.8. The molecule has 1 aliphatic rings. The Morgan fingerprint density at radius 2 is 1.48 bits per heavy atom.